The van der Waals surface area contributed by atoms with Gasteiger partial charge in [-0.15, -0.1) is 0 Å². The average molecular weight is 245 g/mol. The van der Waals surface area contributed by atoms with Gasteiger partial charge in [0.1, 0.15) is 0 Å². The number of benzene rings is 1. The number of hydrogen-bond donors (Lipinski definition) is 2. The van der Waals surface area contributed by atoms with Gasteiger partial charge in [0.2, 0.25) is 0 Å². The van der Waals surface area contributed by atoms with Crippen LogP contribution in [0.15, 0.2) is 24.4 Å². The maximum absolute atomic E-state index is 12.3. The van der Waals surface area contributed by atoms with Crippen LogP contribution in [0.4, 0.5) is 5.69 Å². The van der Waals surface area contributed by atoms with Crippen LogP contribution in [-0.4, -0.2) is 29.4 Å². The Hall–Kier alpha value is -1.97. The summed E-state index contributed by atoms with van der Waals surface area (Å²) in [4.78, 5) is 17.2. The Labute approximate surface area is 107 Å². The van der Waals surface area contributed by atoms with Crippen LogP contribution >= 0.6 is 0 Å². The SMILES string of the molecule is CC(C)CN(C)C(=O)c1c[nH]c2cc(N)ccc12. The van der Waals surface area contributed by atoms with E-state index in [0.717, 1.165) is 17.4 Å². The molecule has 0 fully saturated rings. The molecule has 18 heavy (non-hydrogen) atoms. The highest BCUT2D eigenvalue weighted by atomic mass is 16.2. The number of aromatic nitrogens is 1. The molecule has 96 valence electrons. The first-order chi connectivity index (χ1) is 8.49. The summed E-state index contributed by atoms with van der Waals surface area (Å²) in [5, 5.41) is 0.921. The van der Waals surface area contributed by atoms with E-state index in [-0.39, 0.29) is 5.91 Å². The number of fused-ring (bicyclic) bond motifs is 1. The monoisotopic (exact) mass is 245 g/mol. The number of nitrogen functional groups attached to an aromatic ring is 1. The molecule has 2 rings (SSSR count). The van der Waals surface area contributed by atoms with Crippen LogP contribution in [0, 0.1) is 5.92 Å². The van der Waals surface area contributed by atoms with Gasteiger partial charge in [0.05, 0.1) is 5.56 Å². The van der Waals surface area contributed by atoms with E-state index in [1.54, 1.807) is 11.1 Å². The lowest BCUT2D eigenvalue weighted by Gasteiger charge is -2.18. The number of carbonyl (C=O) groups excluding carboxylic acids is 1. The topological polar surface area (TPSA) is 62.1 Å². The van der Waals surface area contributed by atoms with Crippen molar-refractivity contribution in [2.45, 2.75) is 13.8 Å². The van der Waals surface area contributed by atoms with Crippen LogP contribution in [0.5, 0.6) is 0 Å². The highest BCUT2D eigenvalue weighted by Crippen LogP contribution is 2.21. The molecule has 2 aromatic rings. The summed E-state index contributed by atoms with van der Waals surface area (Å²) >= 11 is 0. The van der Waals surface area contributed by atoms with Crippen molar-refractivity contribution >= 4 is 22.5 Å². The third-order valence-electron chi connectivity index (χ3n) is 2.92. The molecule has 4 nitrogen and oxygen atoms in total. The zero-order valence-electron chi connectivity index (χ0n) is 11.0. The molecule has 0 bridgehead atoms. The molecule has 0 atom stereocenters. The largest absolute Gasteiger partial charge is 0.399 e. The molecule has 3 N–H and O–H groups in total. The van der Waals surface area contributed by atoms with E-state index in [2.05, 4.69) is 18.8 Å². The van der Waals surface area contributed by atoms with Gasteiger partial charge in [0, 0.05) is 36.4 Å². The number of nitrogens with zero attached hydrogens (tertiary/aromatic N) is 1. The maximum atomic E-state index is 12.3. The first-order valence-electron chi connectivity index (χ1n) is 6.11. The molecule has 0 aliphatic heterocycles. The van der Waals surface area contributed by atoms with Crippen LogP contribution in [0.25, 0.3) is 10.9 Å². The zero-order valence-corrected chi connectivity index (χ0v) is 11.0. The molecule has 0 saturated heterocycles. The Kier molecular flexibility index (Phi) is 3.28. The van der Waals surface area contributed by atoms with Gasteiger partial charge in [-0.2, -0.15) is 0 Å². The summed E-state index contributed by atoms with van der Waals surface area (Å²) < 4.78 is 0. The highest BCUT2D eigenvalue weighted by Gasteiger charge is 2.16. The van der Waals surface area contributed by atoms with E-state index in [4.69, 9.17) is 5.73 Å². The molecule has 0 aliphatic rings. The number of nitrogens with one attached hydrogen (secondary N) is 1. The summed E-state index contributed by atoms with van der Waals surface area (Å²) in [7, 11) is 1.83. The first kappa shape index (κ1) is 12.5. The van der Waals surface area contributed by atoms with Gasteiger partial charge >= 0.3 is 0 Å². The van der Waals surface area contributed by atoms with Gasteiger partial charge < -0.3 is 15.6 Å². The molecule has 4 heteroatoms. The summed E-state index contributed by atoms with van der Waals surface area (Å²) in [6, 6.07) is 5.54. The Bertz CT molecular complexity index is 571. The first-order valence-corrected chi connectivity index (χ1v) is 6.11. The van der Waals surface area contributed by atoms with Gasteiger partial charge in [-0.3, -0.25) is 4.79 Å². The Morgan fingerprint density at radius 3 is 2.83 bits per heavy atom. The van der Waals surface area contributed by atoms with Crippen molar-refractivity contribution in [1.29, 1.82) is 0 Å². The van der Waals surface area contributed by atoms with Crippen LogP contribution in [-0.2, 0) is 0 Å². The van der Waals surface area contributed by atoms with Crippen molar-refractivity contribution < 1.29 is 4.79 Å². The number of nitrogens with two attached hydrogens (primary N) is 1. The molecule has 0 saturated carbocycles. The predicted octanol–water partition coefficient (Wildman–Crippen LogP) is 2.48. The van der Waals surface area contributed by atoms with Gasteiger partial charge in [0.25, 0.3) is 5.91 Å². The predicted molar refractivity (Wildman–Crippen MR) is 74.5 cm³/mol. The van der Waals surface area contributed by atoms with Gasteiger partial charge in [-0.05, 0) is 24.1 Å². The van der Waals surface area contributed by atoms with Crippen molar-refractivity contribution in [2.24, 2.45) is 5.92 Å². The van der Waals surface area contributed by atoms with Crippen LogP contribution in [0.1, 0.15) is 24.2 Å². The number of H-pyrrole nitrogens is 1. The number of rotatable bonds is 3. The summed E-state index contributed by atoms with van der Waals surface area (Å²) in [6.45, 7) is 4.94. The van der Waals surface area contributed by atoms with Crippen molar-refractivity contribution in [1.82, 2.24) is 9.88 Å². The van der Waals surface area contributed by atoms with Crippen molar-refractivity contribution in [3.8, 4) is 0 Å². The van der Waals surface area contributed by atoms with Crippen LogP contribution in [0.3, 0.4) is 0 Å². The van der Waals surface area contributed by atoms with Crippen molar-refractivity contribution in [3.63, 3.8) is 0 Å². The number of anilines is 1. The third kappa shape index (κ3) is 2.32. The molecule has 1 aromatic heterocycles. The third-order valence-corrected chi connectivity index (χ3v) is 2.92. The number of hydrogen-bond acceptors (Lipinski definition) is 2. The summed E-state index contributed by atoms with van der Waals surface area (Å²) in [6.07, 6.45) is 1.75. The van der Waals surface area contributed by atoms with Gasteiger partial charge in [-0.1, -0.05) is 13.8 Å². The number of amides is 1. The van der Waals surface area contributed by atoms with E-state index in [9.17, 15) is 4.79 Å². The van der Waals surface area contributed by atoms with E-state index in [1.165, 1.54) is 0 Å². The normalized spacial score (nSPS) is 11.1. The van der Waals surface area contributed by atoms with Gasteiger partial charge in [0.15, 0.2) is 0 Å². The minimum absolute atomic E-state index is 0.0414. The minimum atomic E-state index is 0.0414. The fraction of sp³-hybridized carbons (Fsp3) is 0.357. The average Bonchev–Trinajstić information content (AvgIpc) is 2.69. The molecular formula is C14H19N3O. The highest BCUT2D eigenvalue weighted by molar-refractivity contribution is 6.07. The van der Waals surface area contributed by atoms with E-state index < -0.39 is 0 Å². The Morgan fingerprint density at radius 1 is 1.44 bits per heavy atom. The Morgan fingerprint density at radius 2 is 2.17 bits per heavy atom. The maximum Gasteiger partial charge on any atom is 0.255 e. The standard InChI is InChI=1S/C14H19N3O/c1-9(2)8-17(3)14(18)12-7-16-13-6-10(15)4-5-11(12)13/h4-7,9,16H,8,15H2,1-3H3. The molecule has 1 heterocycles. The molecule has 1 amide bonds. The Balaban J connectivity index is 2.33. The molecule has 0 radical (unpaired) electrons. The lowest BCUT2D eigenvalue weighted by atomic mass is 10.1. The van der Waals surface area contributed by atoms with Crippen LogP contribution < -0.4 is 5.73 Å². The van der Waals surface area contributed by atoms with Crippen LogP contribution in [0.2, 0.25) is 0 Å². The number of carbonyl (C=O) groups is 1. The minimum Gasteiger partial charge on any atom is -0.399 e. The lowest BCUT2D eigenvalue weighted by Crippen LogP contribution is -2.30. The van der Waals surface area contributed by atoms with Crippen molar-refractivity contribution in [2.75, 3.05) is 19.3 Å². The molecule has 1 aromatic carbocycles. The fourth-order valence-corrected chi connectivity index (χ4v) is 2.16. The van der Waals surface area contributed by atoms with E-state index in [0.29, 0.717) is 17.2 Å². The molecule has 0 aliphatic carbocycles. The van der Waals surface area contributed by atoms with E-state index >= 15 is 0 Å². The van der Waals surface area contributed by atoms with E-state index in [1.807, 2.05) is 25.2 Å². The zero-order chi connectivity index (χ0) is 13.3. The molecule has 0 unspecified atom stereocenters. The molecular weight excluding hydrogens is 226 g/mol. The number of aromatic amines is 1. The second-order valence-corrected chi connectivity index (χ2v) is 5.09. The summed E-state index contributed by atoms with van der Waals surface area (Å²) in [5.74, 6) is 0.500. The second-order valence-electron chi connectivity index (χ2n) is 5.09. The lowest BCUT2D eigenvalue weighted by molar-refractivity contribution is 0.0781. The fourth-order valence-electron chi connectivity index (χ4n) is 2.16. The van der Waals surface area contributed by atoms with Crippen molar-refractivity contribution in [3.05, 3.63) is 30.0 Å². The second kappa shape index (κ2) is 4.72. The summed E-state index contributed by atoms with van der Waals surface area (Å²) in [5.41, 5.74) is 8.01. The molecule has 0 spiro atoms. The smallest absolute Gasteiger partial charge is 0.255 e. The van der Waals surface area contributed by atoms with Gasteiger partial charge in [-0.25, -0.2) is 0 Å². The quantitative estimate of drug-likeness (QED) is 0.816.